The highest BCUT2D eigenvalue weighted by atomic mass is 16.5. The fourth-order valence-electron chi connectivity index (χ4n) is 3.00. The van der Waals surface area contributed by atoms with E-state index in [-0.39, 0.29) is 6.03 Å². The lowest BCUT2D eigenvalue weighted by molar-refractivity contribution is 0.208. The van der Waals surface area contributed by atoms with E-state index in [0.29, 0.717) is 43.4 Å². The van der Waals surface area contributed by atoms with Gasteiger partial charge in [0, 0.05) is 58.1 Å². The maximum atomic E-state index is 12.6. The number of carbonyl (C=O) groups is 1. The molecule has 150 valence electrons. The van der Waals surface area contributed by atoms with Crippen LogP contribution in [0.4, 0.5) is 22.0 Å². The van der Waals surface area contributed by atoms with E-state index in [1.54, 1.807) is 43.5 Å². The molecule has 1 aromatic heterocycles. The number of carbonyl (C=O) groups excluding carboxylic acids is 1. The number of rotatable bonds is 5. The number of nitrogens with zero attached hydrogens (tertiary/aromatic N) is 5. The lowest BCUT2D eigenvalue weighted by Gasteiger charge is -2.35. The molecule has 2 heterocycles. The van der Waals surface area contributed by atoms with Crippen LogP contribution in [0.25, 0.3) is 0 Å². The Labute approximate surface area is 164 Å². The van der Waals surface area contributed by atoms with Crippen molar-refractivity contribution in [2.45, 2.75) is 0 Å². The van der Waals surface area contributed by atoms with Crippen LogP contribution in [-0.4, -0.2) is 75.6 Å². The van der Waals surface area contributed by atoms with E-state index in [0.717, 1.165) is 11.5 Å². The molecule has 2 amide bonds. The number of hydrogen-bond acceptors (Lipinski definition) is 7. The summed E-state index contributed by atoms with van der Waals surface area (Å²) < 4.78 is 10.5. The fraction of sp³-hybridized carbons (Fsp3) is 0.421. The average Bonchev–Trinajstić information content (AvgIpc) is 2.73. The van der Waals surface area contributed by atoms with Gasteiger partial charge in [0.05, 0.1) is 26.1 Å². The van der Waals surface area contributed by atoms with Gasteiger partial charge in [-0.2, -0.15) is 5.10 Å². The molecule has 1 N–H and O–H groups in total. The monoisotopic (exact) mass is 386 g/mol. The van der Waals surface area contributed by atoms with Crippen LogP contribution in [0.3, 0.4) is 0 Å². The van der Waals surface area contributed by atoms with Gasteiger partial charge < -0.3 is 29.5 Å². The summed E-state index contributed by atoms with van der Waals surface area (Å²) in [6.45, 7) is 2.61. The summed E-state index contributed by atoms with van der Waals surface area (Å²) in [5.41, 5.74) is 1.66. The van der Waals surface area contributed by atoms with Gasteiger partial charge in [-0.05, 0) is 12.1 Å². The number of hydrogen-bond donors (Lipinski definition) is 1. The average molecular weight is 386 g/mol. The van der Waals surface area contributed by atoms with Gasteiger partial charge in [0.1, 0.15) is 0 Å². The number of amides is 2. The van der Waals surface area contributed by atoms with Gasteiger partial charge in [-0.25, -0.2) is 4.79 Å². The second-order valence-electron chi connectivity index (χ2n) is 6.64. The number of nitrogens with one attached hydrogen (secondary N) is 1. The Kier molecular flexibility index (Phi) is 6.03. The largest absolute Gasteiger partial charge is 0.493 e. The zero-order valence-corrected chi connectivity index (χ0v) is 16.7. The SMILES string of the molecule is COc1ccc(NC(=O)N2CCN(c3cc(N(C)C)cnn3)CC2)cc1OC. The second kappa shape index (κ2) is 8.64. The van der Waals surface area contributed by atoms with Crippen molar-refractivity contribution in [3.05, 3.63) is 30.5 Å². The molecular formula is C19H26N6O3. The van der Waals surface area contributed by atoms with Crippen LogP contribution >= 0.6 is 0 Å². The molecule has 0 atom stereocenters. The molecule has 1 fully saturated rings. The quantitative estimate of drug-likeness (QED) is 0.840. The number of piperazine rings is 1. The van der Waals surface area contributed by atoms with Crippen LogP contribution < -0.4 is 24.6 Å². The van der Waals surface area contributed by atoms with Crippen molar-refractivity contribution in [2.24, 2.45) is 0 Å². The first-order chi connectivity index (χ1) is 13.5. The highest BCUT2D eigenvalue weighted by Gasteiger charge is 2.22. The minimum atomic E-state index is -0.139. The Balaban J connectivity index is 1.59. The minimum Gasteiger partial charge on any atom is -0.493 e. The van der Waals surface area contributed by atoms with Gasteiger partial charge in [0.2, 0.25) is 0 Å². The first kappa shape index (κ1) is 19.5. The van der Waals surface area contributed by atoms with Crippen LogP contribution in [0.1, 0.15) is 0 Å². The van der Waals surface area contributed by atoms with E-state index in [1.807, 2.05) is 25.1 Å². The number of anilines is 3. The van der Waals surface area contributed by atoms with Crippen molar-refractivity contribution < 1.29 is 14.3 Å². The van der Waals surface area contributed by atoms with Gasteiger partial charge in [-0.1, -0.05) is 0 Å². The van der Waals surface area contributed by atoms with Crippen molar-refractivity contribution in [2.75, 3.05) is 69.6 Å². The van der Waals surface area contributed by atoms with E-state index >= 15 is 0 Å². The second-order valence-corrected chi connectivity index (χ2v) is 6.64. The van der Waals surface area contributed by atoms with Crippen LogP contribution in [0.15, 0.2) is 30.5 Å². The molecule has 3 rings (SSSR count). The molecule has 0 bridgehead atoms. The molecule has 1 saturated heterocycles. The molecule has 28 heavy (non-hydrogen) atoms. The van der Waals surface area contributed by atoms with Crippen LogP contribution in [0.2, 0.25) is 0 Å². The standard InChI is InChI=1S/C19H26N6O3/c1-23(2)15-12-18(22-20-13-15)24-7-9-25(10-8-24)19(26)21-14-5-6-16(27-3)17(11-14)28-4/h5-6,11-13H,7-10H2,1-4H3,(H,21,26). The molecule has 0 aliphatic carbocycles. The molecule has 0 spiro atoms. The highest BCUT2D eigenvalue weighted by molar-refractivity contribution is 5.90. The number of urea groups is 1. The number of ether oxygens (including phenoxy) is 2. The lowest BCUT2D eigenvalue weighted by Crippen LogP contribution is -2.50. The topological polar surface area (TPSA) is 83.1 Å². The number of aromatic nitrogens is 2. The summed E-state index contributed by atoms with van der Waals surface area (Å²) in [5.74, 6) is 2.02. The Morgan fingerprint density at radius 3 is 2.43 bits per heavy atom. The van der Waals surface area contributed by atoms with Crippen LogP contribution in [0, 0.1) is 0 Å². The van der Waals surface area contributed by atoms with Crippen molar-refractivity contribution in [1.82, 2.24) is 15.1 Å². The predicted octanol–water partition coefficient (Wildman–Crippen LogP) is 1.91. The number of benzene rings is 1. The molecule has 0 radical (unpaired) electrons. The van der Waals surface area contributed by atoms with Gasteiger partial charge >= 0.3 is 6.03 Å². The van der Waals surface area contributed by atoms with E-state index in [9.17, 15) is 4.79 Å². The van der Waals surface area contributed by atoms with E-state index in [1.165, 1.54) is 0 Å². The lowest BCUT2D eigenvalue weighted by atomic mass is 10.2. The molecule has 1 aromatic carbocycles. The van der Waals surface area contributed by atoms with E-state index in [2.05, 4.69) is 20.4 Å². The third-order valence-corrected chi connectivity index (χ3v) is 4.67. The summed E-state index contributed by atoms with van der Waals surface area (Å²) in [7, 11) is 7.08. The molecular weight excluding hydrogens is 360 g/mol. The maximum absolute atomic E-state index is 12.6. The molecule has 1 aliphatic rings. The molecule has 9 heteroatoms. The first-order valence-corrected chi connectivity index (χ1v) is 9.04. The van der Waals surface area contributed by atoms with Gasteiger partial charge in [-0.3, -0.25) is 0 Å². The van der Waals surface area contributed by atoms with E-state index in [4.69, 9.17) is 9.47 Å². The highest BCUT2D eigenvalue weighted by Crippen LogP contribution is 2.30. The molecule has 1 aliphatic heterocycles. The zero-order valence-electron chi connectivity index (χ0n) is 16.7. The first-order valence-electron chi connectivity index (χ1n) is 9.04. The molecule has 0 unspecified atom stereocenters. The Morgan fingerprint density at radius 2 is 1.79 bits per heavy atom. The summed E-state index contributed by atoms with van der Waals surface area (Å²) >= 11 is 0. The van der Waals surface area contributed by atoms with Crippen LogP contribution in [-0.2, 0) is 0 Å². The van der Waals surface area contributed by atoms with Gasteiger partial charge in [0.25, 0.3) is 0 Å². The molecule has 0 saturated carbocycles. The molecule has 9 nitrogen and oxygen atoms in total. The van der Waals surface area contributed by atoms with Crippen molar-refractivity contribution >= 4 is 23.2 Å². The van der Waals surface area contributed by atoms with Crippen molar-refractivity contribution in [1.29, 1.82) is 0 Å². The smallest absolute Gasteiger partial charge is 0.321 e. The summed E-state index contributed by atoms with van der Waals surface area (Å²) in [6.07, 6.45) is 1.73. The van der Waals surface area contributed by atoms with Crippen molar-refractivity contribution in [3.8, 4) is 11.5 Å². The van der Waals surface area contributed by atoms with Crippen LogP contribution in [0.5, 0.6) is 11.5 Å². The minimum absolute atomic E-state index is 0.139. The Morgan fingerprint density at radius 1 is 1.07 bits per heavy atom. The zero-order chi connectivity index (χ0) is 20.1. The fourth-order valence-corrected chi connectivity index (χ4v) is 3.00. The maximum Gasteiger partial charge on any atom is 0.321 e. The van der Waals surface area contributed by atoms with Crippen molar-refractivity contribution in [3.63, 3.8) is 0 Å². The molecule has 2 aromatic rings. The third-order valence-electron chi connectivity index (χ3n) is 4.67. The number of methoxy groups -OCH3 is 2. The summed E-state index contributed by atoms with van der Waals surface area (Å²) in [6, 6.07) is 7.17. The normalized spacial score (nSPS) is 13.9. The summed E-state index contributed by atoms with van der Waals surface area (Å²) in [4.78, 5) is 18.5. The third kappa shape index (κ3) is 4.36. The van der Waals surface area contributed by atoms with Gasteiger partial charge in [0.15, 0.2) is 17.3 Å². The van der Waals surface area contributed by atoms with Gasteiger partial charge in [-0.15, -0.1) is 5.10 Å². The Bertz CT molecular complexity index is 821. The summed E-state index contributed by atoms with van der Waals surface area (Å²) in [5, 5.41) is 11.2. The predicted molar refractivity (Wildman–Crippen MR) is 109 cm³/mol. The Hall–Kier alpha value is -3.23. The van der Waals surface area contributed by atoms with E-state index < -0.39 is 0 Å².